The largest absolute Gasteiger partial charge is 0.500 e. The summed E-state index contributed by atoms with van der Waals surface area (Å²) in [6.07, 6.45) is 4.30. The van der Waals surface area contributed by atoms with Gasteiger partial charge in [0.05, 0.1) is 5.58 Å². The molecule has 0 saturated heterocycles. The molecule has 0 atom stereocenters. The van der Waals surface area contributed by atoms with Crippen LogP contribution < -0.4 is 0 Å². The molecule has 1 radical (unpaired) electrons. The van der Waals surface area contributed by atoms with Crippen molar-refractivity contribution in [3.63, 3.8) is 0 Å². The number of fused-ring (bicyclic) bond motifs is 3. The molecule has 3 aromatic heterocycles. The summed E-state index contributed by atoms with van der Waals surface area (Å²) in [7, 11) is 0. The Morgan fingerprint density at radius 1 is 0.707 bits per heavy atom. The minimum Gasteiger partial charge on any atom is -0.500 e. The standard InChI is InChI=1S/C31H28NO.C23H24N.Ir/c1-19-8-6-11-25-26-12-7-13-27(31(26)33-30(19)25)29-17-28(21(3)18-32-29)24-15-14-23(16-20(24)2)22-9-4-5-10-22;1-17-10-12-20(14-21(17)19-8-6-5-7-9-19)22-13-11-18(16-24-22)15-23(2,3)4;/h6-8,11-12,14-18,22H,4-5,9-10H2,1-3H3;5-11,13-14,16H,15H2,1-4H3;/q2*-1;/i1D3,2D3,3D3,22D;1D3,15D2;. The van der Waals surface area contributed by atoms with Gasteiger partial charge in [-0.2, -0.15) is 0 Å². The minimum atomic E-state index is -2.60. The van der Waals surface area contributed by atoms with Gasteiger partial charge < -0.3 is 14.4 Å². The van der Waals surface area contributed by atoms with Gasteiger partial charge in [-0.25, -0.2) is 0 Å². The predicted molar refractivity (Wildman–Crippen MR) is 238 cm³/mol. The van der Waals surface area contributed by atoms with Crippen LogP contribution in [-0.4, -0.2) is 9.97 Å². The molecule has 4 heteroatoms. The van der Waals surface area contributed by atoms with Gasteiger partial charge in [0, 0.05) is 58.4 Å². The molecule has 1 saturated carbocycles. The van der Waals surface area contributed by atoms with Gasteiger partial charge in [0.15, 0.2) is 0 Å². The molecule has 3 heterocycles. The van der Waals surface area contributed by atoms with Crippen LogP contribution in [0.25, 0.3) is 66.7 Å². The van der Waals surface area contributed by atoms with E-state index in [1.54, 1.807) is 60.8 Å². The van der Waals surface area contributed by atoms with Gasteiger partial charge in [0.2, 0.25) is 0 Å². The molecule has 1 aliphatic carbocycles. The first kappa shape index (κ1) is 26.1. The van der Waals surface area contributed by atoms with E-state index in [2.05, 4.69) is 22.1 Å². The summed E-state index contributed by atoms with van der Waals surface area (Å²) in [6.45, 7) is -4.26. The van der Waals surface area contributed by atoms with Crippen LogP contribution in [0.4, 0.5) is 0 Å². The van der Waals surface area contributed by atoms with Crippen LogP contribution in [0.5, 0.6) is 0 Å². The second kappa shape index (κ2) is 17.4. The van der Waals surface area contributed by atoms with Crippen molar-refractivity contribution in [3.8, 4) is 44.8 Å². The van der Waals surface area contributed by atoms with Crippen molar-refractivity contribution in [2.24, 2.45) is 5.41 Å². The summed E-state index contributed by atoms with van der Waals surface area (Å²) in [4.78, 5) is 8.89. The first-order valence-corrected chi connectivity index (χ1v) is 19.1. The summed E-state index contributed by atoms with van der Waals surface area (Å²) in [5.74, 6) is -0.881. The molecule has 0 unspecified atom stereocenters. The van der Waals surface area contributed by atoms with Gasteiger partial charge in [-0.05, 0) is 107 Å². The van der Waals surface area contributed by atoms with Crippen LogP contribution in [0.2, 0.25) is 0 Å². The smallest absolute Gasteiger partial charge is 0.123 e. The van der Waals surface area contributed by atoms with Gasteiger partial charge >= 0.3 is 0 Å². The SMILES string of the molecule is [2H]C([2H])([2H])c1c[c-]c(-c2ccc(C([2H])([2H])C(C)(C)C)cn2)cc1-c1ccccc1.[2H]C([2H])([2H])c1cnc(-c2[c-]ccc3c2oc2c(C([2H])([2H])[2H])cccc23)cc1-c1ccc(C2([2H])CCCC2)cc1C([2H])([2H])[2H].[Ir]. The van der Waals surface area contributed by atoms with Crippen molar-refractivity contribution in [3.05, 3.63) is 167 Å². The third-order valence-electron chi connectivity index (χ3n) is 10.1. The molecular weight excluding hydrogens is 885 g/mol. The fourth-order valence-electron chi connectivity index (χ4n) is 7.41. The average molecular weight is 952 g/mol. The van der Waals surface area contributed by atoms with E-state index in [0.29, 0.717) is 62.7 Å². The third kappa shape index (κ3) is 8.80. The minimum absolute atomic E-state index is 0. The summed E-state index contributed by atoms with van der Waals surface area (Å²) in [5.41, 5.74) is 5.06. The Morgan fingerprint density at radius 2 is 1.48 bits per heavy atom. The maximum Gasteiger partial charge on any atom is 0.123 e. The summed E-state index contributed by atoms with van der Waals surface area (Å²) in [5, 5.41) is 1.25. The normalized spacial score (nSPS) is 18.5. The van der Waals surface area contributed by atoms with Crippen LogP contribution in [0.15, 0.2) is 126 Å². The zero-order chi connectivity index (χ0) is 52.4. The zero-order valence-electron chi connectivity index (χ0n) is 47.5. The van der Waals surface area contributed by atoms with Gasteiger partial charge in [-0.15, -0.1) is 47.5 Å². The fraction of sp³-hybridized carbons (Fsp3) is 0.259. The van der Waals surface area contributed by atoms with Gasteiger partial charge in [0.25, 0.3) is 0 Å². The van der Waals surface area contributed by atoms with Crippen molar-refractivity contribution >= 4 is 21.9 Å². The molecule has 9 rings (SSSR count). The van der Waals surface area contributed by atoms with E-state index in [1.165, 1.54) is 30.5 Å². The summed E-state index contributed by atoms with van der Waals surface area (Å²) in [6, 6.07) is 37.1. The molecule has 5 aromatic carbocycles. The molecular formula is C54H52IrN2O-2. The maximum atomic E-state index is 8.93. The molecule has 0 aliphatic heterocycles. The topological polar surface area (TPSA) is 38.9 Å². The van der Waals surface area contributed by atoms with Crippen molar-refractivity contribution in [1.29, 1.82) is 0 Å². The molecule has 58 heavy (non-hydrogen) atoms. The third-order valence-corrected chi connectivity index (χ3v) is 10.1. The second-order valence-corrected chi connectivity index (χ2v) is 15.4. The number of benzene rings is 5. The van der Waals surface area contributed by atoms with Crippen LogP contribution >= 0.6 is 0 Å². The monoisotopic (exact) mass is 952 g/mol. The number of rotatable bonds is 6. The fourth-order valence-corrected chi connectivity index (χ4v) is 7.41. The summed E-state index contributed by atoms with van der Waals surface area (Å²) < 4.78 is 129. The van der Waals surface area contributed by atoms with Crippen LogP contribution in [-0.2, 0) is 26.5 Å². The quantitative estimate of drug-likeness (QED) is 0.156. The number of pyridine rings is 2. The second-order valence-electron chi connectivity index (χ2n) is 15.4. The number of aryl methyl sites for hydroxylation is 4. The van der Waals surface area contributed by atoms with E-state index in [9.17, 15) is 0 Å². The molecule has 1 aliphatic rings. The van der Waals surface area contributed by atoms with E-state index in [1.807, 2.05) is 51.1 Å². The number of aromatic nitrogens is 2. The van der Waals surface area contributed by atoms with Crippen molar-refractivity contribution in [1.82, 2.24) is 9.97 Å². The van der Waals surface area contributed by atoms with Gasteiger partial charge in [-0.1, -0.05) is 142 Å². The van der Waals surface area contributed by atoms with Crippen LogP contribution in [0.1, 0.15) is 106 Å². The van der Waals surface area contributed by atoms with E-state index < -0.39 is 45.1 Å². The molecule has 0 N–H and O–H groups in total. The van der Waals surface area contributed by atoms with Crippen molar-refractivity contribution in [2.45, 2.75) is 86.1 Å². The number of para-hydroxylation sites is 1. The Balaban J connectivity index is 0.000000228. The van der Waals surface area contributed by atoms with Crippen molar-refractivity contribution in [2.75, 3.05) is 0 Å². The van der Waals surface area contributed by atoms with Crippen LogP contribution in [0, 0.1) is 45.0 Å². The Labute approximate surface area is 379 Å². The molecule has 0 bridgehead atoms. The Kier molecular flexibility index (Phi) is 7.80. The Bertz CT molecular complexity index is 3270. The number of hydrogen-bond acceptors (Lipinski definition) is 3. The molecule has 295 valence electrons. The number of nitrogens with zero attached hydrogens (tertiary/aromatic N) is 2. The van der Waals surface area contributed by atoms with Gasteiger partial charge in [-0.3, -0.25) is 0 Å². The molecule has 3 nitrogen and oxygen atoms in total. The van der Waals surface area contributed by atoms with E-state index in [4.69, 9.17) is 25.0 Å². The zero-order valence-corrected chi connectivity index (χ0v) is 34.9. The predicted octanol–water partition coefficient (Wildman–Crippen LogP) is 14.8. The van der Waals surface area contributed by atoms with E-state index in [-0.39, 0.29) is 64.8 Å². The van der Waals surface area contributed by atoms with E-state index in [0.717, 1.165) is 18.4 Å². The molecule has 0 spiro atoms. The number of furan rings is 1. The van der Waals surface area contributed by atoms with Crippen LogP contribution in [0.3, 0.4) is 0 Å². The number of hydrogen-bond donors (Lipinski definition) is 0. The Hall–Kier alpha value is -5.15. The van der Waals surface area contributed by atoms with E-state index >= 15 is 0 Å². The maximum absolute atomic E-state index is 8.93. The average Bonchev–Trinajstić information content (AvgIpc) is 3.94. The van der Waals surface area contributed by atoms with Crippen molar-refractivity contribution < 1.29 is 45.1 Å². The molecule has 1 fully saturated rings. The Morgan fingerprint density at radius 3 is 2.22 bits per heavy atom. The van der Waals surface area contributed by atoms with Gasteiger partial charge in [0.1, 0.15) is 5.58 Å². The first-order valence-electron chi connectivity index (χ1n) is 26.6. The summed E-state index contributed by atoms with van der Waals surface area (Å²) >= 11 is 0. The molecule has 0 amide bonds. The molecule has 8 aromatic rings. The first-order chi connectivity index (χ1) is 33.5.